The van der Waals surface area contributed by atoms with Crippen molar-refractivity contribution >= 4 is 34.2 Å². The van der Waals surface area contributed by atoms with Crippen LogP contribution in [0.15, 0.2) is 77.2 Å². The molecule has 0 bridgehead atoms. The largest absolute Gasteiger partial charge is 0.495 e. The van der Waals surface area contributed by atoms with Crippen LogP contribution in [0.5, 0.6) is 5.75 Å². The number of carbonyl (C=O) groups is 2. The fourth-order valence-electron chi connectivity index (χ4n) is 3.28. The molecule has 4 aromatic rings. The highest BCUT2D eigenvalue weighted by Crippen LogP contribution is 2.34. The van der Waals surface area contributed by atoms with Gasteiger partial charge in [-0.3, -0.25) is 9.59 Å². The molecule has 3 aromatic carbocycles. The number of fused-ring (bicyclic) bond motifs is 1. The van der Waals surface area contributed by atoms with Gasteiger partial charge in [0.05, 0.1) is 18.4 Å². The number of methoxy groups -OCH3 is 1. The molecular weight excluding hydrogens is 437 g/mol. The second-order valence-electron chi connectivity index (χ2n) is 6.99. The van der Waals surface area contributed by atoms with Crippen molar-refractivity contribution in [3.63, 3.8) is 0 Å². The minimum atomic E-state index is -4.60. The average Bonchev–Trinajstić information content (AvgIpc) is 3.17. The number of benzene rings is 3. The van der Waals surface area contributed by atoms with E-state index < -0.39 is 23.6 Å². The first-order chi connectivity index (χ1) is 15.8. The van der Waals surface area contributed by atoms with Crippen LogP contribution in [-0.4, -0.2) is 18.9 Å². The number of amides is 2. The fourth-order valence-corrected chi connectivity index (χ4v) is 3.28. The molecule has 0 unspecified atom stereocenters. The normalized spacial score (nSPS) is 11.3. The second kappa shape index (κ2) is 8.70. The molecule has 0 spiro atoms. The predicted octanol–water partition coefficient (Wildman–Crippen LogP) is 5.96. The van der Waals surface area contributed by atoms with Gasteiger partial charge in [-0.25, -0.2) is 0 Å². The monoisotopic (exact) mass is 454 g/mol. The first-order valence-corrected chi connectivity index (χ1v) is 9.72. The molecule has 0 saturated heterocycles. The highest BCUT2D eigenvalue weighted by molar-refractivity contribution is 6.17. The van der Waals surface area contributed by atoms with Crippen LogP contribution in [0.4, 0.5) is 24.5 Å². The van der Waals surface area contributed by atoms with Crippen LogP contribution in [0.25, 0.3) is 11.0 Å². The van der Waals surface area contributed by atoms with Gasteiger partial charge in [0.25, 0.3) is 11.8 Å². The Morgan fingerprint density at radius 2 is 1.61 bits per heavy atom. The van der Waals surface area contributed by atoms with Crippen molar-refractivity contribution in [1.82, 2.24) is 0 Å². The molecule has 2 amide bonds. The molecule has 1 heterocycles. The Hall–Kier alpha value is -4.27. The maximum atomic E-state index is 13.0. The van der Waals surface area contributed by atoms with Crippen LogP contribution >= 0.6 is 0 Å². The number of anilines is 2. The molecule has 0 fully saturated rings. The summed E-state index contributed by atoms with van der Waals surface area (Å²) in [5.74, 6) is -1.28. The summed E-state index contributed by atoms with van der Waals surface area (Å²) in [5.41, 5.74) is -0.435. The van der Waals surface area contributed by atoms with E-state index in [0.717, 1.165) is 18.2 Å². The van der Waals surface area contributed by atoms with Gasteiger partial charge in [-0.2, -0.15) is 13.2 Å². The maximum absolute atomic E-state index is 13.0. The van der Waals surface area contributed by atoms with Gasteiger partial charge in [-0.15, -0.1) is 0 Å². The summed E-state index contributed by atoms with van der Waals surface area (Å²) in [6.07, 6.45) is -4.60. The fraction of sp³-hybridized carbons (Fsp3) is 0.0833. The summed E-state index contributed by atoms with van der Waals surface area (Å²) < 4.78 is 50.0. The smallest absolute Gasteiger partial charge is 0.416 e. The van der Waals surface area contributed by atoms with Gasteiger partial charge < -0.3 is 19.8 Å². The van der Waals surface area contributed by atoms with E-state index in [1.54, 1.807) is 48.5 Å². The van der Waals surface area contributed by atoms with Gasteiger partial charge in [0.1, 0.15) is 17.0 Å². The van der Waals surface area contributed by atoms with Gasteiger partial charge in [0.2, 0.25) is 5.76 Å². The van der Waals surface area contributed by atoms with Crippen molar-refractivity contribution in [3.8, 4) is 5.75 Å². The van der Waals surface area contributed by atoms with Crippen molar-refractivity contribution in [2.75, 3.05) is 17.7 Å². The van der Waals surface area contributed by atoms with E-state index in [1.807, 2.05) is 0 Å². The van der Waals surface area contributed by atoms with Gasteiger partial charge >= 0.3 is 6.18 Å². The number of ether oxygens (including phenoxy) is 1. The van der Waals surface area contributed by atoms with Crippen molar-refractivity contribution in [3.05, 3.63) is 89.7 Å². The molecule has 0 saturated carbocycles. The summed E-state index contributed by atoms with van der Waals surface area (Å²) in [5, 5.41) is 5.61. The van der Waals surface area contributed by atoms with E-state index in [0.29, 0.717) is 22.4 Å². The van der Waals surface area contributed by atoms with Gasteiger partial charge in [0, 0.05) is 10.9 Å². The Morgan fingerprint density at radius 3 is 2.36 bits per heavy atom. The molecule has 0 atom stereocenters. The number of hydrogen-bond acceptors (Lipinski definition) is 4. The zero-order valence-corrected chi connectivity index (χ0v) is 17.2. The zero-order chi connectivity index (χ0) is 23.6. The molecule has 33 heavy (non-hydrogen) atoms. The Bertz CT molecular complexity index is 1350. The van der Waals surface area contributed by atoms with Crippen molar-refractivity contribution < 1.29 is 31.9 Å². The summed E-state index contributed by atoms with van der Waals surface area (Å²) in [6, 6.07) is 17.3. The summed E-state index contributed by atoms with van der Waals surface area (Å²) in [4.78, 5) is 25.8. The molecule has 4 rings (SSSR count). The quantitative estimate of drug-likeness (QED) is 0.390. The summed E-state index contributed by atoms with van der Waals surface area (Å²) in [6.45, 7) is 0. The lowest BCUT2D eigenvalue weighted by atomic mass is 10.1. The highest BCUT2D eigenvalue weighted by Gasteiger charge is 2.31. The number of halogens is 3. The topological polar surface area (TPSA) is 80.6 Å². The summed E-state index contributed by atoms with van der Waals surface area (Å²) >= 11 is 0. The van der Waals surface area contributed by atoms with Crippen LogP contribution in [0.1, 0.15) is 26.5 Å². The SMILES string of the molecule is COc1ccccc1NC(=O)c1oc2ccccc2c1NC(=O)c1cccc(C(F)(F)F)c1. The molecular formula is C24H17F3N2O4. The number of para-hydroxylation sites is 3. The first kappa shape index (κ1) is 21.9. The second-order valence-corrected chi connectivity index (χ2v) is 6.99. The van der Waals surface area contributed by atoms with Crippen molar-refractivity contribution in [2.24, 2.45) is 0 Å². The number of furan rings is 1. The molecule has 9 heteroatoms. The first-order valence-electron chi connectivity index (χ1n) is 9.72. The number of carbonyl (C=O) groups excluding carboxylic acids is 2. The third-order valence-corrected chi connectivity index (χ3v) is 4.85. The van der Waals surface area contributed by atoms with E-state index in [1.165, 1.54) is 13.2 Å². The number of hydrogen-bond donors (Lipinski definition) is 2. The van der Waals surface area contributed by atoms with Crippen LogP contribution in [0.2, 0.25) is 0 Å². The van der Waals surface area contributed by atoms with E-state index in [4.69, 9.17) is 9.15 Å². The lowest BCUT2D eigenvalue weighted by molar-refractivity contribution is -0.137. The van der Waals surface area contributed by atoms with E-state index in [9.17, 15) is 22.8 Å². The molecule has 0 aliphatic rings. The van der Waals surface area contributed by atoms with Crippen molar-refractivity contribution in [2.45, 2.75) is 6.18 Å². The van der Waals surface area contributed by atoms with Crippen LogP contribution < -0.4 is 15.4 Å². The van der Waals surface area contributed by atoms with E-state index >= 15 is 0 Å². The van der Waals surface area contributed by atoms with Crippen molar-refractivity contribution in [1.29, 1.82) is 0 Å². The van der Waals surface area contributed by atoms with Gasteiger partial charge in [-0.05, 0) is 42.5 Å². The molecule has 0 aliphatic heterocycles. The van der Waals surface area contributed by atoms with Crippen LogP contribution in [-0.2, 0) is 6.18 Å². The average molecular weight is 454 g/mol. The van der Waals surface area contributed by atoms with E-state index in [-0.39, 0.29) is 17.0 Å². The number of nitrogens with one attached hydrogen (secondary N) is 2. The minimum Gasteiger partial charge on any atom is -0.495 e. The zero-order valence-electron chi connectivity index (χ0n) is 17.2. The minimum absolute atomic E-state index is 0.0420. The lowest BCUT2D eigenvalue weighted by Gasteiger charge is -2.11. The lowest BCUT2D eigenvalue weighted by Crippen LogP contribution is -2.18. The summed E-state index contributed by atoms with van der Waals surface area (Å²) in [7, 11) is 1.45. The maximum Gasteiger partial charge on any atom is 0.416 e. The van der Waals surface area contributed by atoms with Crippen LogP contribution in [0, 0.1) is 0 Å². The molecule has 0 radical (unpaired) electrons. The molecule has 6 nitrogen and oxygen atoms in total. The Kier molecular flexibility index (Phi) is 5.78. The Labute approximate surface area is 186 Å². The predicted molar refractivity (Wildman–Crippen MR) is 117 cm³/mol. The van der Waals surface area contributed by atoms with Gasteiger partial charge in [0.15, 0.2) is 0 Å². The number of rotatable bonds is 5. The highest BCUT2D eigenvalue weighted by atomic mass is 19.4. The Balaban J connectivity index is 1.70. The number of alkyl halides is 3. The van der Waals surface area contributed by atoms with Crippen LogP contribution in [0.3, 0.4) is 0 Å². The third kappa shape index (κ3) is 4.52. The van der Waals surface area contributed by atoms with Gasteiger partial charge in [-0.1, -0.05) is 30.3 Å². The standard InChI is InChI=1S/C24H17F3N2O4/c1-32-19-12-5-3-10-17(19)28-23(31)21-20(16-9-2-4-11-18(16)33-21)29-22(30)14-7-6-8-15(13-14)24(25,26)27/h2-13H,1H3,(H,28,31)(H,29,30). The Morgan fingerprint density at radius 1 is 0.879 bits per heavy atom. The molecule has 2 N–H and O–H groups in total. The molecule has 0 aliphatic carbocycles. The third-order valence-electron chi connectivity index (χ3n) is 4.85. The molecule has 1 aromatic heterocycles. The molecule has 168 valence electrons. The van der Waals surface area contributed by atoms with E-state index in [2.05, 4.69) is 10.6 Å².